The molecule has 0 aliphatic heterocycles. The summed E-state index contributed by atoms with van der Waals surface area (Å²) in [6.07, 6.45) is 3.24. The molecule has 2 heterocycles. The first-order chi connectivity index (χ1) is 17.3. The van der Waals surface area contributed by atoms with Crippen LogP contribution >= 0.6 is 0 Å². The molecule has 6 nitrogen and oxygen atoms in total. The fourth-order valence-electron chi connectivity index (χ4n) is 3.99. The molecule has 8 heteroatoms. The van der Waals surface area contributed by atoms with Crippen LogP contribution in [-0.4, -0.2) is 27.0 Å². The second-order valence-electron chi connectivity index (χ2n) is 8.62. The number of nitrogens with zero attached hydrogens (tertiary/aromatic N) is 2. The highest BCUT2D eigenvalue weighted by Gasteiger charge is 2.15. The monoisotopic (exact) mass is 489 g/mol. The molecule has 2 N–H and O–H groups in total. The van der Waals surface area contributed by atoms with E-state index in [4.69, 9.17) is 5.11 Å². The van der Waals surface area contributed by atoms with Crippen molar-refractivity contribution in [3.8, 4) is 11.3 Å². The average molecular weight is 490 g/mol. The van der Waals surface area contributed by atoms with Gasteiger partial charge in [-0.25, -0.2) is 18.7 Å². The fraction of sp³-hybridized carbons (Fsp3) is 0.214. The van der Waals surface area contributed by atoms with Gasteiger partial charge >= 0.3 is 5.97 Å². The second-order valence-corrected chi connectivity index (χ2v) is 8.62. The zero-order valence-corrected chi connectivity index (χ0v) is 19.7. The van der Waals surface area contributed by atoms with E-state index in [2.05, 4.69) is 15.3 Å². The molecule has 0 aliphatic carbocycles. The summed E-state index contributed by atoms with van der Waals surface area (Å²) in [5.41, 5.74) is 3.79. The first kappa shape index (κ1) is 24.9. The van der Waals surface area contributed by atoms with E-state index in [1.807, 2.05) is 13.0 Å². The number of aliphatic carboxylic acids is 1. The summed E-state index contributed by atoms with van der Waals surface area (Å²) in [4.78, 5) is 32.8. The molecule has 0 aliphatic rings. The summed E-state index contributed by atoms with van der Waals surface area (Å²) in [5, 5.41) is 12.5. The lowest BCUT2D eigenvalue weighted by atomic mass is 9.99. The molecule has 36 heavy (non-hydrogen) atoms. The molecular weight excluding hydrogens is 464 g/mol. The number of carboxylic acids is 1. The van der Waals surface area contributed by atoms with Gasteiger partial charge in [0.25, 0.3) is 5.91 Å². The number of carboxylic acid groups (broad SMARTS) is 1. The standard InChI is InChI=1S/C28H25F2N3O3/c1-17(18-6-10-23(29)11-7-18)32-28(36)22-15-21-14-20(4-2-3-5-25(34)35)26(33-27(21)31-16-22)19-8-12-24(30)13-9-19/h6-17H,2-5H2,1H3,(H,32,36)(H,34,35)/t17-/m1/s1. The maximum absolute atomic E-state index is 13.5. The zero-order valence-electron chi connectivity index (χ0n) is 19.7. The molecule has 2 aromatic heterocycles. The Morgan fingerprint density at radius 3 is 2.31 bits per heavy atom. The third kappa shape index (κ3) is 6.07. The van der Waals surface area contributed by atoms with E-state index in [9.17, 15) is 18.4 Å². The number of fused-ring (bicyclic) bond motifs is 1. The van der Waals surface area contributed by atoms with Gasteiger partial charge in [0.05, 0.1) is 17.3 Å². The van der Waals surface area contributed by atoms with E-state index < -0.39 is 5.97 Å². The molecule has 184 valence electrons. The predicted molar refractivity (Wildman–Crippen MR) is 132 cm³/mol. The van der Waals surface area contributed by atoms with E-state index in [-0.39, 0.29) is 30.0 Å². The quantitative estimate of drug-likeness (QED) is 0.287. The van der Waals surface area contributed by atoms with Crippen LogP contribution in [0, 0.1) is 11.6 Å². The van der Waals surface area contributed by atoms with Gasteiger partial charge in [0.15, 0.2) is 5.65 Å². The maximum Gasteiger partial charge on any atom is 0.303 e. The lowest BCUT2D eigenvalue weighted by Crippen LogP contribution is -2.26. The minimum absolute atomic E-state index is 0.0744. The van der Waals surface area contributed by atoms with Gasteiger partial charge in [0, 0.05) is 23.6 Å². The van der Waals surface area contributed by atoms with Crippen LogP contribution < -0.4 is 5.32 Å². The average Bonchev–Trinajstić information content (AvgIpc) is 2.86. The van der Waals surface area contributed by atoms with E-state index in [1.54, 1.807) is 30.3 Å². The Kier molecular flexibility index (Phi) is 7.63. The largest absolute Gasteiger partial charge is 0.481 e. The van der Waals surface area contributed by atoms with Crippen molar-refractivity contribution in [3.63, 3.8) is 0 Å². The van der Waals surface area contributed by atoms with Crippen molar-refractivity contribution in [2.75, 3.05) is 0 Å². The first-order valence-corrected chi connectivity index (χ1v) is 11.6. The summed E-state index contributed by atoms with van der Waals surface area (Å²) >= 11 is 0. The van der Waals surface area contributed by atoms with Gasteiger partial charge in [0.1, 0.15) is 11.6 Å². The van der Waals surface area contributed by atoms with Crippen molar-refractivity contribution in [2.45, 2.75) is 38.6 Å². The minimum Gasteiger partial charge on any atom is -0.481 e. The smallest absolute Gasteiger partial charge is 0.303 e. The molecule has 0 radical (unpaired) electrons. The Morgan fingerprint density at radius 2 is 1.64 bits per heavy atom. The highest BCUT2D eigenvalue weighted by atomic mass is 19.1. The molecule has 0 unspecified atom stereocenters. The number of pyridine rings is 2. The number of hydrogen-bond acceptors (Lipinski definition) is 4. The van der Waals surface area contributed by atoms with E-state index >= 15 is 0 Å². The first-order valence-electron chi connectivity index (χ1n) is 11.6. The van der Waals surface area contributed by atoms with Crippen LogP contribution in [0.25, 0.3) is 22.3 Å². The van der Waals surface area contributed by atoms with Crippen LogP contribution in [0.5, 0.6) is 0 Å². The van der Waals surface area contributed by atoms with Crippen molar-refractivity contribution >= 4 is 22.9 Å². The van der Waals surface area contributed by atoms with Crippen LogP contribution in [0.3, 0.4) is 0 Å². The molecule has 4 aromatic rings. The highest BCUT2D eigenvalue weighted by Crippen LogP contribution is 2.27. The number of halogens is 2. The van der Waals surface area contributed by atoms with Gasteiger partial charge in [-0.2, -0.15) is 0 Å². The van der Waals surface area contributed by atoms with E-state index in [0.717, 1.165) is 16.7 Å². The van der Waals surface area contributed by atoms with Crippen molar-refractivity contribution in [1.82, 2.24) is 15.3 Å². The summed E-state index contributed by atoms with van der Waals surface area (Å²) in [7, 11) is 0. The fourth-order valence-corrected chi connectivity index (χ4v) is 3.99. The number of carbonyl (C=O) groups excluding carboxylic acids is 1. The minimum atomic E-state index is -0.847. The number of nitrogens with one attached hydrogen (secondary N) is 1. The summed E-state index contributed by atoms with van der Waals surface area (Å²) in [5.74, 6) is -1.87. The normalized spacial score (nSPS) is 11.9. The molecule has 4 rings (SSSR count). The molecule has 0 saturated carbocycles. The number of aryl methyl sites for hydroxylation is 1. The highest BCUT2D eigenvalue weighted by molar-refractivity contribution is 5.97. The van der Waals surface area contributed by atoms with Gasteiger partial charge in [-0.3, -0.25) is 9.59 Å². The number of unbranched alkanes of at least 4 members (excludes halogenated alkanes) is 1. The third-order valence-electron chi connectivity index (χ3n) is 5.93. The Morgan fingerprint density at radius 1 is 0.972 bits per heavy atom. The second kappa shape index (κ2) is 11.0. The SMILES string of the molecule is C[C@@H](NC(=O)c1cnc2nc(-c3ccc(F)cc3)c(CCCCC(=O)O)cc2c1)c1ccc(F)cc1. The third-order valence-corrected chi connectivity index (χ3v) is 5.93. The zero-order chi connectivity index (χ0) is 25.7. The molecular formula is C28H25F2N3O3. The van der Waals surface area contributed by atoms with Gasteiger partial charge in [-0.15, -0.1) is 0 Å². The Balaban J connectivity index is 1.62. The lowest BCUT2D eigenvalue weighted by Gasteiger charge is -2.15. The van der Waals surface area contributed by atoms with Gasteiger partial charge in [0.2, 0.25) is 0 Å². The van der Waals surface area contributed by atoms with Gasteiger partial charge in [-0.1, -0.05) is 12.1 Å². The molecule has 1 atom stereocenters. The number of aromatic nitrogens is 2. The molecule has 2 aromatic carbocycles. The number of hydrogen-bond donors (Lipinski definition) is 2. The Labute approximate surface area is 207 Å². The number of amides is 1. The van der Waals surface area contributed by atoms with E-state index in [1.165, 1.54) is 30.5 Å². The van der Waals surface area contributed by atoms with Crippen LogP contribution in [0.1, 0.15) is 53.7 Å². The van der Waals surface area contributed by atoms with E-state index in [0.29, 0.717) is 41.6 Å². The number of rotatable bonds is 9. The van der Waals surface area contributed by atoms with Gasteiger partial charge < -0.3 is 10.4 Å². The van der Waals surface area contributed by atoms with Crippen LogP contribution in [0.15, 0.2) is 66.9 Å². The summed E-state index contributed by atoms with van der Waals surface area (Å²) in [6.45, 7) is 1.81. The Hall–Kier alpha value is -4.20. The van der Waals surface area contributed by atoms with Crippen molar-refractivity contribution in [3.05, 3.63) is 95.2 Å². The van der Waals surface area contributed by atoms with Crippen LogP contribution in [-0.2, 0) is 11.2 Å². The predicted octanol–water partition coefficient (Wildman–Crippen LogP) is 5.86. The number of carbonyl (C=O) groups is 2. The lowest BCUT2D eigenvalue weighted by molar-refractivity contribution is -0.137. The van der Waals surface area contributed by atoms with Crippen molar-refractivity contribution in [1.29, 1.82) is 0 Å². The van der Waals surface area contributed by atoms with Crippen LogP contribution in [0.2, 0.25) is 0 Å². The van der Waals surface area contributed by atoms with Crippen molar-refractivity contribution in [2.24, 2.45) is 0 Å². The van der Waals surface area contributed by atoms with Crippen molar-refractivity contribution < 1.29 is 23.5 Å². The molecule has 1 amide bonds. The topological polar surface area (TPSA) is 92.2 Å². The molecule has 0 fully saturated rings. The molecule has 0 saturated heterocycles. The maximum atomic E-state index is 13.5. The Bertz CT molecular complexity index is 1390. The van der Waals surface area contributed by atoms with Crippen LogP contribution in [0.4, 0.5) is 8.78 Å². The number of benzene rings is 2. The van der Waals surface area contributed by atoms with Gasteiger partial charge in [-0.05, 0) is 85.8 Å². The molecule has 0 bridgehead atoms. The summed E-state index contributed by atoms with van der Waals surface area (Å²) < 4.78 is 26.7. The summed E-state index contributed by atoms with van der Waals surface area (Å²) in [6, 6.07) is 15.2. The molecule has 0 spiro atoms.